The number of amides is 1. The molecule has 7 heteroatoms. The van der Waals surface area contributed by atoms with Crippen molar-refractivity contribution in [3.8, 4) is 11.8 Å². The summed E-state index contributed by atoms with van der Waals surface area (Å²) in [5.74, 6) is -0.459. The minimum absolute atomic E-state index is 0.0715. The first-order chi connectivity index (χ1) is 10.2. The molecule has 0 saturated carbocycles. The van der Waals surface area contributed by atoms with E-state index in [0.29, 0.717) is 10.6 Å². The van der Waals surface area contributed by atoms with Gasteiger partial charge in [-0.3, -0.25) is 9.78 Å². The number of rotatable bonds is 2. The van der Waals surface area contributed by atoms with Crippen LogP contribution in [0, 0.1) is 11.3 Å². The minimum Gasteiger partial charge on any atom is -0.506 e. The van der Waals surface area contributed by atoms with Gasteiger partial charge in [0.05, 0.1) is 17.3 Å². The van der Waals surface area contributed by atoms with Gasteiger partial charge in [-0.25, -0.2) is 0 Å². The van der Waals surface area contributed by atoms with Gasteiger partial charge >= 0.3 is 0 Å². The molecule has 0 aliphatic carbocycles. The first-order valence-corrected chi connectivity index (χ1v) is 7.21. The predicted molar refractivity (Wildman–Crippen MR) is 78.3 cm³/mol. The summed E-state index contributed by atoms with van der Waals surface area (Å²) in [6, 6.07) is 3.51. The first-order valence-electron chi connectivity index (χ1n) is 6.39. The highest BCUT2D eigenvalue weighted by molar-refractivity contribution is 7.16. The molecule has 106 valence electrons. The molecule has 0 radical (unpaired) electrons. The Bertz CT molecular complexity index is 748. The Balaban J connectivity index is 1.90. The van der Waals surface area contributed by atoms with Crippen molar-refractivity contribution in [2.45, 2.75) is 13.0 Å². The monoisotopic (exact) mass is 300 g/mol. The van der Waals surface area contributed by atoms with Crippen molar-refractivity contribution in [3.63, 3.8) is 0 Å². The number of aromatic nitrogens is 1. The fourth-order valence-corrected chi connectivity index (χ4v) is 3.43. The van der Waals surface area contributed by atoms with Crippen molar-refractivity contribution >= 4 is 22.2 Å². The van der Waals surface area contributed by atoms with Crippen LogP contribution in [0.2, 0.25) is 0 Å². The van der Waals surface area contributed by atoms with Crippen LogP contribution in [-0.2, 0) is 13.0 Å². The van der Waals surface area contributed by atoms with Crippen molar-refractivity contribution in [2.24, 2.45) is 0 Å². The largest absolute Gasteiger partial charge is 0.506 e. The number of hydrogen-bond acceptors (Lipinski definition) is 6. The Morgan fingerprint density at radius 2 is 2.38 bits per heavy atom. The summed E-state index contributed by atoms with van der Waals surface area (Å²) in [6.07, 6.45) is 3.42. The highest BCUT2D eigenvalue weighted by Gasteiger charge is 2.22. The van der Waals surface area contributed by atoms with Gasteiger partial charge in [-0.1, -0.05) is 0 Å². The van der Waals surface area contributed by atoms with E-state index in [1.807, 2.05) is 0 Å². The van der Waals surface area contributed by atoms with E-state index in [1.165, 1.54) is 29.8 Å². The van der Waals surface area contributed by atoms with Crippen LogP contribution in [0.5, 0.6) is 5.75 Å². The van der Waals surface area contributed by atoms with Crippen LogP contribution < -0.4 is 10.6 Å². The molecule has 3 N–H and O–H groups in total. The van der Waals surface area contributed by atoms with Crippen LogP contribution >= 0.6 is 11.3 Å². The Morgan fingerprint density at radius 3 is 3.14 bits per heavy atom. The fraction of sp³-hybridized carbons (Fsp3) is 0.214. The first kappa shape index (κ1) is 13.5. The summed E-state index contributed by atoms with van der Waals surface area (Å²) < 4.78 is 0. The maximum absolute atomic E-state index is 12.2. The van der Waals surface area contributed by atoms with Crippen LogP contribution in [0.25, 0.3) is 0 Å². The number of hydrogen-bond donors (Lipinski definition) is 3. The lowest BCUT2D eigenvalue weighted by molar-refractivity contribution is 0.102. The van der Waals surface area contributed by atoms with E-state index in [1.54, 1.807) is 0 Å². The molecule has 0 bridgehead atoms. The zero-order chi connectivity index (χ0) is 14.8. The van der Waals surface area contributed by atoms with Gasteiger partial charge < -0.3 is 15.7 Å². The molecule has 1 amide bonds. The van der Waals surface area contributed by atoms with Crippen LogP contribution in [-0.4, -0.2) is 22.5 Å². The van der Waals surface area contributed by atoms with Crippen LogP contribution in [0.15, 0.2) is 18.5 Å². The van der Waals surface area contributed by atoms with Crippen molar-refractivity contribution < 1.29 is 9.90 Å². The third-order valence-electron chi connectivity index (χ3n) is 3.25. The lowest BCUT2D eigenvalue weighted by Crippen LogP contribution is -2.22. The van der Waals surface area contributed by atoms with Gasteiger partial charge in [0.2, 0.25) is 0 Å². The Hall–Kier alpha value is -2.43. The predicted octanol–water partition coefficient (Wildman–Crippen LogP) is 1.62. The molecule has 6 nitrogen and oxygen atoms in total. The van der Waals surface area contributed by atoms with Crippen LogP contribution in [0.4, 0.5) is 5.00 Å². The van der Waals surface area contributed by atoms with E-state index >= 15 is 0 Å². The SMILES string of the molecule is N#Cc1c(NC(=O)c2cncc(O)c2)sc2c1CCNC2. The molecule has 0 unspecified atom stereocenters. The smallest absolute Gasteiger partial charge is 0.258 e. The molecule has 1 aliphatic heterocycles. The van der Waals surface area contributed by atoms with E-state index in [4.69, 9.17) is 0 Å². The number of nitrogens with one attached hydrogen (secondary N) is 2. The summed E-state index contributed by atoms with van der Waals surface area (Å²) in [6.45, 7) is 1.56. The van der Waals surface area contributed by atoms with E-state index in [2.05, 4.69) is 21.7 Å². The number of nitriles is 1. The number of aromatic hydroxyl groups is 1. The zero-order valence-electron chi connectivity index (χ0n) is 11.0. The number of nitrogens with zero attached hydrogens (tertiary/aromatic N) is 2. The molecule has 21 heavy (non-hydrogen) atoms. The summed E-state index contributed by atoms with van der Waals surface area (Å²) in [5.41, 5.74) is 1.81. The van der Waals surface area contributed by atoms with E-state index in [-0.39, 0.29) is 17.2 Å². The molecular formula is C14H12N4O2S. The average molecular weight is 300 g/mol. The molecule has 1 aliphatic rings. The third-order valence-corrected chi connectivity index (χ3v) is 4.40. The standard InChI is InChI=1S/C14H12N4O2S/c15-4-11-10-1-2-16-7-12(10)21-14(11)18-13(20)8-3-9(19)6-17-5-8/h3,5-6,16,19H,1-2,7H2,(H,18,20). The number of fused-ring (bicyclic) bond motifs is 1. The molecule has 0 spiro atoms. The minimum atomic E-state index is -0.388. The van der Waals surface area contributed by atoms with Gasteiger partial charge in [-0.15, -0.1) is 11.3 Å². The zero-order valence-corrected chi connectivity index (χ0v) is 11.8. The Kier molecular flexibility index (Phi) is 3.56. The van der Waals surface area contributed by atoms with Gasteiger partial charge in [-0.2, -0.15) is 5.26 Å². The molecule has 3 rings (SSSR count). The van der Waals surface area contributed by atoms with Crippen molar-refractivity contribution in [1.82, 2.24) is 10.3 Å². The van der Waals surface area contributed by atoms with Crippen LogP contribution in [0.3, 0.4) is 0 Å². The Morgan fingerprint density at radius 1 is 1.52 bits per heavy atom. The molecular weight excluding hydrogens is 288 g/mol. The maximum Gasteiger partial charge on any atom is 0.258 e. The van der Waals surface area contributed by atoms with E-state index in [9.17, 15) is 15.2 Å². The topological polar surface area (TPSA) is 98.0 Å². The molecule has 0 aromatic carbocycles. The highest BCUT2D eigenvalue weighted by atomic mass is 32.1. The Labute approximate surface area is 125 Å². The fourth-order valence-electron chi connectivity index (χ4n) is 2.27. The van der Waals surface area contributed by atoms with E-state index < -0.39 is 0 Å². The van der Waals surface area contributed by atoms with Gasteiger partial charge in [0.25, 0.3) is 5.91 Å². The average Bonchev–Trinajstić information content (AvgIpc) is 2.84. The van der Waals surface area contributed by atoms with Crippen molar-refractivity contribution in [1.29, 1.82) is 5.26 Å². The summed E-state index contributed by atoms with van der Waals surface area (Å²) in [5, 5.41) is 25.2. The van der Waals surface area contributed by atoms with Gasteiger partial charge in [-0.05, 0) is 24.6 Å². The summed E-state index contributed by atoms with van der Waals surface area (Å²) in [7, 11) is 0. The second-order valence-electron chi connectivity index (χ2n) is 4.63. The second-order valence-corrected chi connectivity index (χ2v) is 5.74. The molecule has 3 heterocycles. The van der Waals surface area contributed by atoms with Crippen molar-refractivity contribution in [2.75, 3.05) is 11.9 Å². The van der Waals surface area contributed by atoms with Crippen molar-refractivity contribution in [3.05, 3.63) is 40.0 Å². The molecule has 2 aromatic heterocycles. The summed E-state index contributed by atoms with van der Waals surface area (Å²) in [4.78, 5) is 17.0. The van der Waals surface area contributed by atoms with Gasteiger partial charge in [0, 0.05) is 17.6 Å². The molecule has 2 aromatic rings. The number of carbonyl (C=O) groups excluding carboxylic acids is 1. The molecule has 0 saturated heterocycles. The maximum atomic E-state index is 12.2. The summed E-state index contributed by atoms with van der Waals surface area (Å²) >= 11 is 1.41. The molecule has 0 fully saturated rings. The molecule has 0 atom stereocenters. The normalized spacial score (nSPS) is 13.3. The number of carbonyl (C=O) groups is 1. The van der Waals surface area contributed by atoms with Gasteiger partial charge in [0.15, 0.2) is 0 Å². The third kappa shape index (κ3) is 2.59. The quantitative estimate of drug-likeness (QED) is 0.783. The number of thiophene rings is 1. The lowest BCUT2D eigenvalue weighted by atomic mass is 10.1. The lowest BCUT2D eigenvalue weighted by Gasteiger charge is -2.11. The number of pyridine rings is 1. The van der Waals surface area contributed by atoms with Crippen LogP contribution in [0.1, 0.15) is 26.4 Å². The van der Waals surface area contributed by atoms with Gasteiger partial charge in [0.1, 0.15) is 16.8 Å². The highest BCUT2D eigenvalue weighted by Crippen LogP contribution is 2.35. The number of anilines is 1. The second kappa shape index (κ2) is 5.52. The van der Waals surface area contributed by atoms with E-state index in [0.717, 1.165) is 30.0 Å².